The molecule has 0 spiro atoms. The SMILES string of the molecule is CCO[P+]1([O-])OCCC[C@H]1Cc1ccccc1. The lowest BCUT2D eigenvalue weighted by atomic mass is 10.1. The molecule has 0 aromatic heterocycles. The van der Waals surface area contributed by atoms with Crippen molar-refractivity contribution < 1.29 is 13.9 Å². The summed E-state index contributed by atoms with van der Waals surface area (Å²) in [4.78, 5) is 12.5. The van der Waals surface area contributed by atoms with Gasteiger partial charge in [-0.2, -0.15) is 0 Å². The summed E-state index contributed by atoms with van der Waals surface area (Å²) in [5.74, 6) is 0. The maximum Gasteiger partial charge on any atom is 0.240 e. The Kier molecular flexibility index (Phi) is 4.52. The van der Waals surface area contributed by atoms with E-state index in [1.165, 1.54) is 5.56 Å². The van der Waals surface area contributed by atoms with E-state index < -0.39 is 7.94 Å². The Morgan fingerprint density at radius 3 is 2.88 bits per heavy atom. The van der Waals surface area contributed by atoms with Crippen LogP contribution in [0.25, 0.3) is 0 Å². The number of rotatable bonds is 4. The van der Waals surface area contributed by atoms with Crippen LogP contribution in [-0.2, 0) is 15.5 Å². The molecule has 1 saturated heterocycles. The minimum Gasteiger partial charge on any atom is -0.631 e. The van der Waals surface area contributed by atoms with Crippen LogP contribution in [0.2, 0.25) is 0 Å². The summed E-state index contributed by atoms with van der Waals surface area (Å²) in [5.41, 5.74) is 1.21. The molecule has 0 bridgehead atoms. The minimum absolute atomic E-state index is 0.0126. The van der Waals surface area contributed by atoms with Crippen molar-refractivity contribution in [1.29, 1.82) is 0 Å². The molecule has 2 atom stereocenters. The second kappa shape index (κ2) is 5.92. The summed E-state index contributed by atoms with van der Waals surface area (Å²) in [6, 6.07) is 10.1. The highest BCUT2D eigenvalue weighted by molar-refractivity contribution is 7.60. The first-order chi connectivity index (χ1) is 8.24. The van der Waals surface area contributed by atoms with E-state index in [1.54, 1.807) is 0 Å². The predicted octanol–water partition coefficient (Wildman–Crippen LogP) is 2.57. The summed E-state index contributed by atoms with van der Waals surface area (Å²) in [6.07, 6.45) is 2.67. The van der Waals surface area contributed by atoms with E-state index in [0.29, 0.717) is 13.2 Å². The summed E-state index contributed by atoms with van der Waals surface area (Å²) < 4.78 is 10.8. The van der Waals surface area contributed by atoms with E-state index in [2.05, 4.69) is 12.1 Å². The van der Waals surface area contributed by atoms with Gasteiger partial charge in [-0.1, -0.05) is 30.3 Å². The maximum absolute atomic E-state index is 12.5. The van der Waals surface area contributed by atoms with Gasteiger partial charge in [0.05, 0.1) is 13.2 Å². The van der Waals surface area contributed by atoms with Crippen molar-refractivity contribution in [2.24, 2.45) is 0 Å². The van der Waals surface area contributed by atoms with Gasteiger partial charge >= 0.3 is 0 Å². The Bertz CT molecular complexity index is 340. The van der Waals surface area contributed by atoms with Gasteiger partial charge in [0.25, 0.3) is 0 Å². The van der Waals surface area contributed by atoms with E-state index >= 15 is 0 Å². The van der Waals surface area contributed by atoms with Gasteiger partial charge in [-0.15, -0.1) is 0 Å². The smallest absolute Gasteiger partial charge is 0.240 e. The van der Waals surface area contributed by atoms with Gasteiger partial charge in [0.1, 0.15) is 5.66 Å². The molecule has 0 N–H and O–H groups in total. The molecule has 0 aliphatic carbocycles. The number of hydrogen-bond donors (Lipinski definition) is 0. The molecule has 1 fully saturated rings. The summed E-state index contributed by atoms with van der Waals surface area (Å²) in [7, 11) is -2.89. The largest absolute Gasteiger partial charge is 0.631 e. The zero-order chi connectivity index (χ0) is 12.1. The van der Waals surface area contributed by atoms with Crippen LogP contribution >= 0.6 is 7.94 Å². The lowest BCUT2D eigenvalue weighted by molar-refractivity contribution is -0.224. The molecule has 0 amide bonds. The Hall–Kier alpha value is -0.470. The Balaban J connectivity index is 2.06. The molecule has 3 nitrogen and oxygen atoms in total. The van der Waals surface area contributed by atoms with E-state index in [9.17, 15) is 4.89 Å². The van der Waals surface area contributed by atoms with Crippen molar-refractivity contribution in [3.8, 4) is 0 Å². The van der Waals surface area contributed by atoms with Gasteiger partial charge in [-0.05, 0) is 25.3 Å². The Morgan fingerprint density at radius 2 is 2.18 bits per heavy atom. The Labute approximate surface area is 103 Å². The summed E-state index contributed by atoms with van der Waals surface area (Å²) in [5, 5.41) is 0. The average Bonchev–Trinajstić information content (AvgIpc) is 2.34. The van der Waals surface area contributed by atoms with Crippen LogP contribution in [0.15, 0.2) is 30.3 Å². The standard InChI is InChI=1S/C13H19O3P/c1-2-15-17(14)13(9-6-10-16-17)11-12-7-4-3-5-8-12/h3-5,7-8,13H,2,6,9-11H2,1H3/t13-,17?/m0/s1. The molecule has 1 aromatic rings. The number of benzene rings is 1. The van der Waals surface area contributed by atoms with Crippen molar-refractivity contribution >= 4 is 7.94 Å². The molecule has 0 saturated carbocycles. The molecule has 1 aliphatic heterocycles. The van der Waals surface area contributed by atoms with Gasteiger partial charge in [0, 0.05) is 6.42 Å². The normalized spacial score (nSPS) is 29.2. The summed E-state index contributed by atoms with van der Waals surface area (Å²) in [6.45, 7) is 2.86. The second-order valence-corrected chi connectivity index (χ2v) is 6.60. The highest BCUT2D eigenvalue weighted by Gasteiger charge is 2.43. The third-order valence-corrected chi connectivity index (χ3v) is 5.52. The summed E-state index contributed by atoms with van der Waals surface area (Å²) >= 11 is 0. The first-order valence-corrected chi connectivity index (χ1v) is 7.78. The minimum atomic E-state index is -2.89. The quantitative estimate of drug-likeness (QED) is 0.775. The molecule has 1 aromatic carbocycles. The van der Waals surface area contributed by atoms with E-state index in [-0.39, 0.29) is 5.66 Å². The average molecular weight is 254 g/mol. The number of hydrogen-bond acceptors (Lipinski definition) is 3. The highest BCUT2D eigenvalue weighted by Crippen LogP contribution is 2.61. The van der Waals surface area contributed by atoms with E-state index in [0.717, 1.165) is 19.3 Å². The van der Waals surface area contributed by atoms with Crippen LogP contribution < -0.4 is 4.89 Å². The van der Waals surface area contributed by atoms with E-state index in [4.69, 9.17) is 9.05 Å². The van der Waals surface area contributed by atoms with E-state index in [1.807, 2.05) is 25.1 Å². The molecule has 1 heterocycles. The molecular weight excluding hydrogens is 235 g/mol. The molecule has 0 radical (unpaired) electrons. The lowest BCUT2D eigenvalue weighted by Crippen LogP contribution is -2.33. The fraction of sp³-hybridized carbons (Fsp3) is 0.538. The second-order valence-electron chi connectivity index (χ2n) is 4.28. The monoisotopic (exact) mass is 254 g/mol. The first kappa shape index (κ1) is 13.0. The molecule has 1 aliphatic rings. The third-order valence-electron chi connectivity index (χ3n) is 3.02. The maximum atomic E-state index is 12.5. The van der Waals surface area contributed by atoms with Crippen LogP contribution in [-0.4, -0.2) is 18.9 Å². The lowest BCUT2D eigenvalue weighted by Gasteiger charge is -2.37. The van der Waals surface area contributed by atoms with Crippen molar-refractivity contribution in [2.75, 3.05) is 13.2 Å². The third kappa shape index (κ3) is 3.26. The molecule has 4 heteroatoms. The van der Waals surface area contributed by atoms with Crippen LogP contribution in [0.3, 0.4) is 0 Å². The van der Waals surface area contributed by atoms with Crippen LogP contribution in [0.1, 0.15) is 25.3 Å². The van der Waals surface area contributed by atoms with Gasteiger partial charge in [-0.3, -0.25) is 0 Å². The van der Waals surface area contributed by atoms with Gasteiger partial charge in [0.15, 0.2) is 0 Å². The zero-order valence-corrected chi connectivity index (χ0v) is 11.1. The molecule has 94 valence electrons. The van der Waals surface area contributed by atoms with Crippen molar-refractivity contribution in [3.05, 3.63) is 35.9 Å². The van der Waals surface area contributed by atoms with Crippen molar-refractivity contribution in [2.45, 2.75) is 31.8 Å². The molecule has 1 unspecified atom stereocenters. The fourth-order valence-electron chi connectivity index (χ4n) is 2.20. The molecular formula is C13H19O3P. The topological polar surface area (TPSA) is 41.5 Å². The highest BCUT2D eigenvalue weighted by atomic mass is 31.2. The van der Waals surface area contributed by atoms with Gasteiger partial charge < -0.3 is 4.89 Å². The zero-order valence-electron chi connectivity index (χ0n) is 10.2. The first-order valence-electron chi connectivity index (χ1n) is 6.17. The Morgan fingerprint density at radius 1 is 1.41 bits per heavy atom. The van der Waals surface area contributed by atoms with Crippen LogP contribution in [0, 0.1) is 0 Å². The van der Waals surface area contributed by atoms with Crippen LogP contribution in [0.5, 0.6) is 0 Å². The fourth-order valence-corrected chi connectivity index (χ4v) is 4.37. The van der Waals surface area contributed by atoms with Gasteiger partial charge in [-0.25, -0.2) is 9.05 Å². The molecule has 17 heavy (non-hydrogen) atoms. The van der Waals surface area contributed by atoms with Crippen molar-refractivity contribution in [3.63, 3.8) is 0 Å². The predicted molar refractivity (Wildman–Crippen MR) is 67.7 cm³/mol. The van der Waals surface area contributed by atoms with Crippen molar-refractivity contribution in [1.82, 2.24) is 0 Å². The van der Waals surface area contributed by atoms with Gasteiger partial charge in [0.2, 0.25) is 7.94 Å². The van der Waals surface area contributed by atoms with Crippen LogP contribution in [0.4, 0.5) is 0 Å². The molecule has 2 rings (SSSR count).